The maximum absolute atomic E-state index is 15.9. The van der Waals surface area contributed by atoms with Crippen molar-refractivity contribution in [2.75, 3.05) is 49.1 Å². The van der Waals surface area contributed by atoms with E-state index in [0.29, 0.717) is 30.4 Å². The van der Waals surface area contributed by atoms with Gasteiger partial charge in [0, 0.05) is 67.1 Å². The van der Waals surface area contributed by atoms with Crippen LogP contribution in [0.15, 0.2) is 66.0 Å². The zero-order valence-electron chi connectivity index (χ0n) is 27.5. The van der Waals surface area contributed by atoms with Gasteiger partial charge in [0.15, 0.2) is 11.6 Å². The summed E-state index contributed by atoms with van der Waals surface area (Å²) in [6, 6.07) is 12.7. The van der Waals surface area contributed by atoms with Crippen LogP contribution in [-0.2, 0) is 10.7 Å². The third-order valence-electron chi connectivity index (χ3n) is 7.80. The van der Waals surface area contributed by atoms with Crippen molar-refractivity contribution >= 4 is 23.6 Å². The Morgan fingerprint density at radius 1 is 1.04 bits per heavy atom. The van der Waals surface area contributed by atoms with Crippen molar-refractivity contribution in [3.8, 4) is 23.0 Å². The molecule has 0 saturated heterocycles. The van der Waals surface area contributed by atoms with Gasteiger partial charge in [-0.25, -0.2) is 19.6 Å². The number of ether oxygens (including phenoxy) is 2. The normalized spacial score (nSPS) is 16.0. The fourth-order valence-electron chi connectivity index (χ4n) is 4.85. The lowest BCUT2D eigenvalue weighted by Gasteiger charge is -2.32. The van der Waals surface area contributed by atoms with Crippen LogP contribution in [-0.4, -0.2) is 75.5 Å². The number of benzene rings is 1. The second-order valence-electron chi connectivity index (χ2n) is 13.1. The molecule has 1 aliphatic heterocycles. The molecule has 4 aromatic rings. The predicted octanol–water partition coefficient (Wildman–Crippen LogP) is 7.15. The van der Waals surface area contributed by atoms with Crippen LogP contribution < -0.4 is 14.4 Å². The third-order valence-corrected chi connectivity index (χ3v) is 8.55. The van der Waals surface area contributed by atoms with E-state index in [2.05, 4.69) is 19.8 Å². The molecule has 2 N–H and O–H groups in total. The van der Waals surface area contributed by atoms with Gasteiger partial charge in [0.25, 0.3) is 5.92 Å². The molecule has 1 aromatic carbocycles. The lowest BCUT2D eigenvalue weighted by Crippen LogP contribution is -2.38. The van der Waals surface area contributed by atoms with Crippen LogP contribution in [0.1, 0.15) is 39.7 Å². The van der Waals surface area contributed by atoms with Crippen LogP contribution in [0.4, 0.5) is 33.6 Å². The molecule has 0 fully saturated rings. The number of hydrogen-bond acceptors (Lipinski definition) is 10. The number of nitrogens with one attached hydrogen (secondary N) is 1. The van der Waals surface area contributed by atoms with E-state index >= 15 is 8.78 Å². The van der Waals surface area contributed by atoms with Crippen molar-refractivity contribution in [3.63, 3.8) is 0 Å². The fourth-order valence-corrected chi connectivity index (χ4v) is 5.44. The highest BCUT2D eigenvalue weighted by molar-refractivity contribution is 8.00. The number of halogens is 5. The van der Waals surface area contributed by atoms with Gasteiger partial charge in [0.1, 0.15) is 29.8 Å². The Balaban J connectivity index is 1.53. The first-order chi connectivity index (χ1) is 23.1. The SMILES string of the molecule is CC(C)(CO)CN1CCCOCC(F)(F)c2ccccc2-c2nc(cnc2-n2ccc(OCC(C)(C)C(F)(F)F)n2)NSc2cccc1n2. The first-order valence-electron chi connectivity index (χ1n) is 15.5. The third kappa shape index (κ3) is 8.78. The number of nitrogens with zero attached hydrogens (tertiary/aromatic N) is 6. The largest absolute Gasteiger partial charge is 0.476 e. The number of alkyl halides is 5. The number of aromatic nitrogens is 5. The van der Waals surface area contributed by atoms with Gasteiger partial charge < -0.3 is 24.2 Å². The van der Waals surface area contributed by atoms with Gasteiger partial charge >= 0.3 is 6.18 Å². The number of fused-ring (bicyclic) bond motifs is 6. The lowest BCUT2D eigenvalue weighted by atomic mass is 9.94. The Morgan fingerprint density at radius 2 is 1.82 bits per heavy atom. The quantitative estimate of drug-likeness (QED) is 0.152. The van der Waals surface area contributed by atoms with Gasteiger partial charge in [-0.05, 0) is 32.4 Å². The summed E-state index contributed by atoms with van der Waals surface area (Å²) in [5, 5.41) is 14.7. The minimum absolute atomic E-state index is 0.0367. The molecule has 0 atom stereocenters. The highest BCUT2D eigenvalue weighted by Crippen LogP contribution is 2.39. The van der Waals surface area contributed by atoms with Crippen LogP contribution in [0.2, 0.25) is 0 Å². The summed E-state index contributed by atoms with van der Waals surface area (Å²) >= 11 is 1.15. The molecule has 49 heavy (non-hydrogen) atoms. The van der Waals surface area contributed by atoms with E-state index < -0.39 is 36.1 Å². The molecule has 0 saturated carbocycles. The first kappa shape index (κ1) is 36.3. The van der Waals surface area contributed by atoms with Crippen molar-refractivity contribution in [3.05, 3.63) is 66.5 Å². The summed E-state index contributed by atoms with van der Waals surface area (Å²) in [4.78, 5) is 15.9. The van der Waals surface area contributed by atoms with Crippen molar-refractivity contribution in [1.29, 1.82) is 0 Å². The number of rotatable bonds is 7. The number of pyridine rings is 1. The van der Waals surface area contributed by atoms with Crippen LogP contribution in [0, 0.1) is 10.8 Å². The topological polar surface area (TPSA) is 110 Å². The Bertz CT molecular complexity index is 1730. The average molecular weight is 708 g/mol. The Labute approximate surface area is 285 Å². The van der Waals surface area contributed by atoms with Gasteiger partial charge in [0.05, 0.1) is 11.6 Å². The van der Waals surface area contributed by atoms with E-state index in [1.165, 1.54) is 41.3 Å². The second-order valence-corrected chi connectivity index (χ2v) is 14.0. The minimum atomic E-state index is -4.50. The van der Waals surface area contributed by atoms with Gasteiger partial charge in [-0.1, -0.05) is 44.2 Å². The molecule has 16 heteroatoms. The van der Waals surface area contributed by atoms with Crippen LogP contribution >= 0.6 is 11.9 Å². The summed E-state index contributed by atoms with van der Waals surface area (Å²) in [5.74, 6) is -2.63. The molecule has 4 heterocycles. The number of aliphatic hydroxyl groups is 1. The highest BCUT2D eigenvalue weighted by Gasteiger charge is 2.48. The van der Waals surface area contributed by atoms with E-state index in [4.69, 9.17) is 14.5 Å². The zero-order chi connectivity index (χ0) is 35.5. The second kappa shape index (κ2) is 14.5. The first-order valence-corrected chi connectivity index (χ1v) is 16.3. The van der Waals surface area contributed by atoms with E-state index in [9.17, 15) is 18.3 Å². The Kier molecular flexibility index (Phi) is 10.7. The summed E-state index contributed by atoms with van der Waals surface area (Å²) in [6.07, 6.45) is -1.28. The molecule has 0 unspecified atom stereocenters. The molecule has 0 spiro atoms. The highest BCUT2D eigenvalue weighted by atomic mass is 32.2. The molecule has 4 bridgehead atoms. The number of hydrogen-bond donors (Lipinski definition) is 2. The van der Waals surface area contributed by atoms with Crippen molar-refractivity contribution in [2.24, 2.45) is 10.8 Å². The summed E-state index contributed by atoms with van der Waals surface area (Å²) in [6.45, 7) is 5.22. The summed E-state index contributed by atoms with van der Waals surface area (Å²) in [5.41, 5.74) is -2.84. The maximum Gasteiger partial charge on any atom is 0.397 e. The van der Waals surface area contributed by atoms with Gasteiger partial charge in [-0.3, -0.25) is 0 Å². The van der Waals surface area contributed by atoms with Gasteiger partial charge in [-0.15, -0.1) is 5.10 Å². The Morgan fingerprint density at radius 3 is 2.57 bits per heavy atom. The Hall–Kier alpha value is -4.02. The van der Waals surface area contributed by atoms with Crippen molar-refractivity contribution in [2.45, 2.75) is 51.2 Å². The van der Waals surface area contributed by atoms with Crippen LogP contribution in [0.5, 0.6) is 5.88 Å². The van der Waals surface area contributed by atoms with Gasteiger partial charge in [0.2, 0.25) is 5.88 Å². The monoisotopic (exact) mass is 707 g/mol. The minimum Gasteiger partial charge on any atom is -0.476 e. The predicted molar refractivity (Wildman–Crippen MR) is 176 cm³/mol. The molecular weight excluding hydrogens is 669 g/mol. The van der Waals surface area contributed by atoms with E-state index in [0.717, 1.165) is 25.8 Å². The molecular formula is C33H38F5N7O3S. The average Bonchev–Trinajstić information content (AvgIpc) is 3.54. The molecule has 3 aromatic heterocycles. The molecule has 1 aliphatic rings. The number of aliphatic hydroxyl groups excluding tert-OH is 1. The molecule has 264 valence electrons. The van der Waals surface area contributed by atoms with E-state index in [-0.39, 0.29) is 47.6 Å². The molecule has 0 amide bonds. The van der Waals surface area contributed by atoms with Gasteiger partial charge in [-0.2, -0.15) is 22.0 Å². The lowest BCUT2D eigenvalue weighted by molar-refractivity contribution is -0.219. The van der Waals surface area contributed by atoms with Crippen molar-refractivity contribution in [1.82, 2.24) is 24.7 Å². The van der Waals surface area contributed by atoms with Crippen LogP contribution in [0.25, 0.3) is 17.1 Å². The molecule has 10 nitrogen and oxygen atoms in total. The summed E-state index contributed by atoms with van der Waals surface area (Å²) < 4.78 is 87.2. The van der Waals surface area contributed by atoms with E-state index in [1.54, 1.807) is 12.1 Å². The maximum atomic E-state index is 15.9. The van der Waals surface area contributed by atoms with Crippen molar-refractivity contribution < 1.29 is 36.5 Å². The zero-order valence-corrected chi connectivity index (χ0v) is 28.3. The smallest absolute Gasteiger partial charge is 0.397 e. The summed E-state index contributed by atoms with van der Waals surface area (Å²) in [7, 11) is 0. The van der Waals surface area contributed by atoms with E-state index in [1.807, 2.05) is 30.9 Å². The molecule has 5 rings (SSSR count). The van der Waals surface area contributed by atoms with Crippen LogP contribution in [0.3, 0.4) is 0 Å². The number of anilines is 2. The standard InChI is InChI=1S/C33H38F5N7O3S/c1-30(2,19-46)18-44-14-8-16-47-21-32(34,35)23-10-6-5-9-22(23)28-29(39-17-24(40-28)43-49-27-12-7-11-25(44)41-27)45-15-13-26(42-45)48-20-31(3,4)33(36,37)38/h5-7,9-13,15,17,46H,8,14,16,18-21H2,1-4H3,(H,40,43). The fraction of sp³-hybridized carbons (Fsp3) is 0.455. The molecule has 0 radical (unpaired) electrons. The molecule has 0 aliphatic carbocycles.